The van der Waals surface area contributed by atoms with Gasteiger partial charge in [0.15, 0.2) is 0 Å². The topological polar surface area (TPSA) is 53.1 Å². The SMILES string of the molecule is CC(=O)N1CC2(CCN(C3CCN(C(=O)OC(C)C)CC3)CC2)c2cc(F)ccc21. The average molecular weight is 418 g/mol. The van der Waals surface area contributed by atoms with E-state index >= 15 is 0 Å². The van der Waals surface area contributed by atoms with Crippen molar-refractivity contribution in [2.24, 2.45) is 0 Å². The third-order valence-corrected chi connectivity index (χ3v) is 6.99. The average Bonchev–Trinajstić information content (AvgIpc) is 3.02. The number of anilines is 1. The van der Waals surface area contributed by atoms with Gasteiger partial charge in [0.1, 0.15) is 5.82 Å². The number of halogens is 1. The number of benzene rings is 1. The second kappa shape index (κ2) is 8.17. The predicted molar refractivity (Wildman–Crippen MR) is 113 cm³/mol. The molecule has 4 rings (SSSR count). The summed E-state index contributed by atoms with van der Waals surface area (Å²) < 4.78 is 19.3. The summed E-state index contributed by atoms with van der Waals surface area (Å²) in [6.45, 7) is 9.29. The van der Waals surface area contributed by atoms with E-state index in [1.807, 2.05) is 23.6 Å². The Morgan fingerprint density at radius 1 is 1.13 bits per heavy atom. The number of carbonyl (C=O) groups is 2. The Hall–Kier alpha value is -2.15. The molecular formula is C23H32FN3O3. The molecule has 1 aromatic rings. The molecule has 0 unspecified atom stereocenters. The molecule has 2 amide bonds. The molecule has 3 aliphatic heterocycles. The van der Waals surface area contributed by atoms with E-state index in [0.29, 0.717) is 12.6 Å². The van der Waals surface area contributed by atoms with Crippen LogP contribution < -0.4 is 4.90 Å². The molecule has 0 saturated carbocycles. The van der Waals surface area contributed by atoms with Crippen molar-refractivity contribution in [1.82, 2.24) is 9.80 Å². The lowest BCUT2D eigenvalue weighted by atomic mass is 9.74. The van der Waals surface area contributed by atoms with E-state index in [-0.39, 0.29) is 29.3 Å². The number of fused-ring (bicyclic) bond motifs is 2. The second-order valence-electron chi connectivity index (χ2n) is 9.23. The predicted octanol–water partition coefficient (Wildman–Crippen LogP) is 3.54. The van der Waals surface area contributed by atoms with Crippen LogP contribution in [0.2, 0.25) is 0 Å². The van der Waals surface area contributed by atoms with Crippen LogP contribution in [-0.4, -0.2) is 66.7 Å². The highest BCUT2D eigenvalue weighted by Crippen LogP contribution is 2.47. The monoisotopic (exact) mass is 417 g/mol. The number of nitrogens with zero attached hydrogens (tertiary/aromatic N) is 3. The smallest absolute Gasteiger partial charge is 0.410 e. The van der Waals surface area contributed by atoms with Gasteiger partial charge in [-0.1, -0.05) is 0 Å². The van der Waals surface area contributed by atoms with Gasteiger partial charge in [-0.3, -0.25) is 4.79 Å². The first kappa shape index (κ1) is 21.1. The summed E-state index contributed by atoms with van der Waals surface area (Å²) in [6, 6.07) is 5.29. The molecule has 6 nitrogen and oxygen atoms in total. The lowest BCUT2D eigenvalue weighted by molar-refractivity contribution is -0.116. The molecule has 1 aromatic carbocycles. The van der Waals surface area contributed by atoms with Gasteiger partial charge >= 0.3 is 6.09 Å². The van der Waals surface area contributed by atoms with Crippen LogP contribution in [-0.2, 0) is 14.9 Å². The molecule has 0 N–H and O–H groups in total. The number of likely N-dealkylation sites (tertiary alicyclic amines) is 2. The molecule has 3 heterocycles. The van der Waals surface area contributed by atoms with Crippen LogP contribution in [0.3, 0.4) is 0 Å². The summed E-state index contributed by atoms with van der Waals surface area (Å²) in [5, 5.41) is 0. The Bertz CT molecular complexity index is 812. The molecule has 0 atom stereocenters. The van der Waals surface area contributed by atoms with Gasteiger partial charge < -0.3 is 19.4 Å². The second-order valence-corrected chi connectivity index (χ2v) is 9.23. The normalized spacial score (nSPS) is 21.9. The number of ether oxygens (including phenoxy) is 1. The number of rotatable bonds is 2. The van der Waals surface area contributed by atoms with Crippen LogP contribution in [0.1, 0.15) is 52.0 Å². The van der Waals surface area contributed by atoms with Gasteiger partial charge in [-0.15, -0.1) is 0 Å². The van der Waals surface area contributed by atoms with Crippen molar-refractivity contribution in [2.45, 2.75) is 64.0 Å². The van der Waals surface area contributed by atoms with E-state index < -0.39 is 0 Å². The number of hydrogen-bond donors (Lipinski definition) is 0. The van der Waals surface area contributed by atoms with Gasteiger partial charge in [0.25, 0.3) is 0 Å². The lowest BCUT2D eigenvalue weighted by Crippen LogP contribution is -2.52. The first-order valence-electron chi connectivity index (χ1n) is 11.1. The Morgan fingerprint density at radius 2 is 1.80 bits per heavy atom. The van der Waals surface area contributed by atoms with Gasteiger partial charge in [0, 0.05) is 43.7 Å². The number of piperidine rings is 2. The fourth-order valence-electron chi connectivity index (χ4n) is 5.36. The Balaban J connectivity index is 1.39. The van der Waals surface area contributed by atoms with Gasteiger partial charge in [-0.2, -0.15) is 0 Å². The maximum atomic E-state index is 14.0. The molecule has 0 aliphatic carbocycles. The highest BCUT2D eigenvalue weighted by molar-refractivity contribution is 5.94. The summed E-state index contributed by atoms with van der Waals surface area (Å²) in [6.07, 6.45) is 3.43. The highest BCUT2D eigenvalue weighted by Gasteiger charge is 2.46. The zero-order valence-electron chi connectivity index (χ0n) is 18.2. The van der Waals surface area contributed by atoms with Gasteiger partial charge in [0.2, 0.25) is 5.91 Å². The molecule has 0 aromatic heterocycles. The standard InChI is InChI=1S/C23H32FN3O3/c1-16(2)30-22(29)26-10-6-19(7-11-26)25-12-8-23(9-13-25)15-27(17(3)28)21-5-4-18(24)14-20(21)23/h4-5,14,16,19H,6-13,15H2,1-3H3. The molecule has 1 spiro atoms. The number of carbonyl (C=O) groups excluding carboxylic acids is 2. The van der Waals surface area contributed by atoms with Crippen molar-refractivity contribution >= 4 is 17.7 Å². The maximum Gasteiger partial charge on any atom is 0.410 e. The molecule has 7 heteroatoms. The van der Waals surface area contributed by atoms with Crippen molar-refractivity contribution < 1.29 is 18.7 Å². The summed E-state index contributed by atoms with van der Waals surface area (Å²) in [5.74, 6) is -0.218. The zero-order chi connectivity index (χ0) is 21.5. The van der Waals surface area contributed by atoms with E-state index in [2.05, 4.69) is 4.90 Å². The van der Waals surface area contributed by atoms with Crippen LogP contribution in [0.25, 0.3) is 0 Å². The lowest BCUT2D eigenvalue weighted by Gasteiger charge is -2.45. The molecule has 164 valence electrons. The molecule has 2 fully saturated rings. The Morgan fingerprint density at radius 3 is 2.40 bits per heavy atom. The van der Waals surface area contributed by atoms with Crippen LogP contribution in [0.15, 0.2) is 18.2 Å². The molecule has 2 saturated heterocycles. The van der Waals surface area contributed by atoms with Crippen molar-refractivity contribution in [2.75, 3.05) is 37.6 Å². The number of hydrogen-bond acceptors (Lipinski definition) is 4. The zero-order valence-corrected chi connectivity index (χ0v) is 18.2. The maximum absolute atomic E-state index is 14.0. The van der Waals surface area contributed by atoms with E-state index in [9.17, 15) is 14.0 Å². The minimum absolute atomic E-state index is 0.0165. The van der Waals surface area contributed by atoms with Crippen molar-refractivity contribution in [3.63, 3.8) is 0 Å². The summed E-state index contributed by atoms with van der Waals surface area (Å²) in [7, 11) is 0. The quantitative estimate of drug-likeness (QED) is 0.739. The summed E-state index contributed by atoms with van der Waals surface area (Å²) in [5.41, 5.74) is 1.71. The Kier molecular flexibility index (Phi) is 5.75. The van der Waals surface area contributed by atoms with Gasteiger partial charge in [-0.05, 0) is 76.4 Å². The van der Waals surface area contributed by atoms with Gasteiger partial charge in [-0.25, -0.2) is 9.18 Å². The van der Waals surface area contributed by atoms with E-state index in [1.165, 1.54) is 6.07 Å². The largest absolute Gasteiger partial charge is 0.447 e. The Labute approximate surface area is 177 Å². The van der Waals surface area contributed by atoms with Crippen molar-refractivity contribution in [3.8, 4) is 0 Å². The molecule has 3 aliphatic rings. The summed E-state index contributed by atoms with van der Waals surface area (Å²) >= 11 is 0. The third kappa shape index (κ3) is 3.92. The molecule has 0 bridgehead atoms. The first-order chi connectivity index (χ1) is 14.3. The van der Waals surface area contributed by atoms with Crippen LogP contribution in [0.4, 0.5) is 14.9 Å². The van der Waals surface area contributed by atoms with Crippen molar-refractivity contribution in [1.29, 1.82) is 0 Å². The van der Waals surface area contributed by atoms with Gasteiger partial charge in [0.05, 0.1) is 6.10 Å². The van der Waals surface area contributed by atoms with Crippen LogP contribution >= 0.6 is 0 Å². The van der Waals surface area contributed by atoms with E-state index in [1.54, 1.807) is 19.1 Å². The highest BCUT2D eigenvalue weighted by atomic mass is 19.1. The number of amides is 2. The fourth-order valence-corrected chi connectivity index (χ4v) is 5.36. The van der Waals surface area contributed by atoms with Crippen LogP contribution in [0, 0.1) is 5.82 Å². The molecular weight excluding hydrogens is 385 g/mol. The van der Waals surface area contributed by atoms with Crippen molar-refractivity contribution in [3.05, 3.63) is 29.6 Å². The minimum Gasteiger partial charge on any atom is -0.447 e. The van der Waals surface area contributed by atoms with Crippen LogP contribution in [0.5, 0.6) is 0 Å². The molecule has 30 heavy (non-hydrogen) atoms. The summed E-state index contributed by atoms with van der Waals surface area (Å²) in [4.78, 5) is 30.4. The van der Waals surface area contributed by atoms with E-state index in [4.69, 9.17) is 4.74 Å². The third-order valence-electron chi connectivity index (χ3n) is 6.99. The first-order valence-corrected chi connectivity index (χ1v) is 11.1. The van der Waals surface area contributed by atoms with E-state index in [0.717, 1.165) is 63.1 Å². The minimum atomic E-state index is -0.235. The fraction of sp³-hybridized carbons (Fsp3) is 0.652. The molecule has 0 radical (unpaired) electrons.